The molecule has 0 N–H and O–H groups in total. The van der Waals surface area contributed by atoms with Crippen LogP contribution in [0.15, 0.2) is 46.9 Å². The minimum Gasteiger partial charge on any atom is -0.497 e. The molecule has 0 amide bonds. The molecule has 7 heteroatoms. The van der Waals surface area contributed by atoms with Crippen molar-refractivity contribution < 1.29 is 4.74 Å². The first-order valence-corrected chi connectivity index (χ1v) is 7.99. The number of halogens is 2. The number of benzene rings is 2. The Balaban J connectivity index is 1.95. The van der Waals surface area contributed by atoms with Crippen LogP contribution in [0.25, 0.3) is 27.9 Å². The predicted molar refractivity (Wildman–Crippen MR) is 93.0 cm³/mol. The van der Waals surface area contributed by atoms with Gasteiger partial charge in [-0.05, 0) is 54.1 Å². The van der Waals surface area contributed by atoms with E-state index in [1.54, 1.807) is 11.6 Å². The summed E-state index contributed by atoms with van der Waals surface area (Å²) < 4.78 is 7.66. The molecule has 0 aliphatic rings. The minimum atomic E-state index is 0.276. The second kappa shape index (κ2) is 5.47. The van der Waals surface area contributed by atoms with Crippen molar-refractivity contribution in [3.63, 3.8) is 0 Å². The number of nitrogens with zero attached hydrogens (tertiary/aromatic N) is 4. The normalized spacial score (nSPS) is 11.3. The third-order valence-electron chi connectivity index (χ3n) is 3.54. The van der Waals surface area contributed by atoms with Gasteiger partial charge in [-0.15, -0.1) is 5.10 Å². The van der Waals surface area contributed by atoms with Gasteiger partial charge in [0.05, 0.1) is 12.6 Å². The van der Waals surface area contributed by atoms with Gasteiger partial charge >= 0.3 is 0 Å². The van der Waals surface area contributed by atoms with E-state index in [1.807, 2.05) is 42.5 Å². The molecule has 2 aromatic carbocycles. The van der Waals surface area contributed by atoms with Crippen molar-refractivity contribution >= 4 is 44.1 Å². The highest BCUT2D eigenvalue weighted by Gasteiger charge is 2.13. The molecule has 0 atom stereocenters. The number of hydrogen-bond donors (Lipinski definition) is 0. The molecule has 0 unspecified atom stereocenters. The molecule has 0 aliphatic carbocycles. The van der Waals surface area contributed by atoms with Crippen LogP contribution >= 0.6 is 27.5 Å². The standard InChI is InChI=1S/C16H10BrClN4O/c1-23-11-5-2-9(3-6-11)14-20-15-12-7-4-10(17)8-13(12)19-16(18)22(15)21-14/h2-8H,1H3. The number of ether oxygens (including phenoxy) is 1. The lowest BCUT2D eigenvalue weighted by atomic mass is 10.2. The van der Waals surface area contributed by atoms with E-state index in [0.717, 1.165) is 26.7 Å². The Hall–Kier alpha value is -2.18. The molecule has 0 fully saturated rings. The Morgan fingerprint density at radius 2 is 1.87 bits per heavy atom. The van der Waals surface area contributed by atoms with E-state index in [2.05, 4.69) is 31.0 Å². The summed E-state index contributed by atoms with van der Waals surface area (Å²) in [7, 11) is 1.63. The maximum Gasteiger partial charge on any atom is 0.226 e. The molecule has 2 aromatic heterocycles. The lowest BCUT2D eigenvalue weighted by Crippen LogP contribution is -1.94. The maximum atomic E-state index is 6.25. The summed E-state index contributed by atoms with van der Waals surface area (Å²) in [6.07, 6.45) is 0. The number of hydrogen-bond acceptors (Lipinski definition) is 4. The number of aromatic nitrogens is 4. The van der Waals surface area contributed by atoms with Gasteiger partial charge in [0.2, 0.25) is 5.28 Å². The molecule has 114 valence electrons. The van der Waals surface area contributed by atoms with Gasteiger partial charge in [0.15, 0.2) is 11.5 Å². The zero-order valence-corrected chi connectivity index (χ0v) is 14.3. The van der Waals surface area contributed by atoms with Crippen LogP contribution in [0.5, 0.6) is 5.75 Å². The van der Waals surface area contributed by atoms with E-state index in [-0.39, 0.29) is 5.28 Å². The second-order valence-electron chi connectivity index (χ2n) is 4.94. The molecule has 0 radical (unpaired) electrons. The molecule has 23 heavy (non-hydrogen) atoms. The maximum absolute atomic E-state index is 6.25. The van der Waals surface area contributed by atoms with Gasteiger partial charge in [0.25, 0.3) is 0 Å². The number of fused-ring (bicyclic) bond motifs is 3. The fraction of sp³-hybridized carbons (Fsp3) is 0.0625. The van der Waals surface area contributed by atoms with Gasteiger partial charge in [-0.25, -0.2) is 9.97 Å². The average Bonchev–Trinajstić information content (AvgIpc) is 3.01. The Morgan fingerprint density at radius 1 is 1.09 bits per heavy atom. The summed E-state index contributed by atoms with van der Waals surface area (Å²) in [5, 5.41) is 5.64. The lowest BCUT2D eigenvalue weighted by molar-refractivity contribution is 0.415. The summed E-state index contributed by atoms with van der Waals surface area (Å²) >= 11 is 9.69. The summed E-state index contributed by atoms with van der Waals surface area (Å²) in [6.45, 7) is 0. The van der Waals surface area contributed by atoms with Gasteiger partial charge in [0.1, 0.15) is 5.75 Å². The molecule has 0 bridgehead atoms. The minimum absolute atomic E-state index is 0.276. The monoisotopic (exact) mass is 388 g/mol. The Labute approximate surface area is 145 Å². The smallest absolute Gasteiger partial charge is 0.226 e. The van der Waals surface area contributed by atoms with Crippen LogP contribution in [-0.4, -0.2) is 26.7 Å². The van der Waals surface area contributed by atoms with Crippen molar-refractivity contribution in [2.45, 2.75) is 0 Å². The number of methoxy groups -OCH3 is 1. The fourth-order valence-electron chi connectivity index (χ4n) is 2.41. The summed E-state index contributed by atoms with van der Waals surface area (Å²) in [5.41, 5.74) is 2.33. The lowest BCUT2D eigenvalue weighted by Gasteiger charge is -2.01. The van der Waals surface area contributed by atoms with E-state index in [1.165, 1.54) is 0 Å². The fourth-order valence-corrected chi connectivity index (χ4v) is 2.97. The van der Waals surface area contributed by atoms with Gasteiger partial charge in [-0.3, -0.25) is 0 Å². The molecule has 0 aliphatic heterocycles. The molecule has 0 saturated carbocycles. The van der Waals surface area contributed by atoms with Crippen molar-refractivity contribution in [3.05, 3.63) is 52.2 Å². The van der Waals surface area contributed by atoms with Crippen molar-refractivity contribution in [1.29, 1.82) is 0 Å². The highest BCUT2D eigenvalue weighted by atomic mass is 79.9. The van der Waals surface area contributed by atoms with E-state index >= 15 is 0 Å². The van der Waals surface area contributed by atoms with Crippen LogP contribution in [0.2, 0.25) is 5.28 Å². The predicted octanol–water partition coefficient (Wildman–Crippen LogP) is 4.37. The SMILES string of the molecule is COc1ccc(-c2nc3c4ccc(Br)cc4nc(Cl)n3n2)cc1. The third kappa shape index (κ3) is 2.44. The summed E-state index contributed by atoms with van der Waals surface area (Å²) in [4.78, 5) is 9.00. The van der Waals surface area contributed by atoms with Crippen molar-refractivity contribution in [2.75, 3.05) is 7.11 Å². The first kappa shape index (κ1) is 14.4. The van der Waals surface area contributed by atoms with Crippen LogP contribution in [0.1, 0.15) is 0 Å². The molecule has 4 rings (SSSR count). The van der Waals surface area contributed by atoms with Crippen LogP contribution in [0, 0.1) is 0 Å². The van der Waals surface area contributed by atoms with Crippen molar-refractivity contribution in [2.24, 2.45) is 0 Å². The van der Waals surface area contributed by atoms with Gasteiger partial charge in [-0.1, -0.05) is 15.9 Å². The molecule has 0 spiro atoms. The quantitative estimate of drug-likeness (QED) is 0.478. The zero-order chi connectivity index (χ0) is 16.0. The van der Waals surface area contributed by atoms with E-state index in [9.17, 15) is 0 Å². The van der Waals surface area contributed by atoms with Crippen LogP contribution < -0.4 is 4.74 Å². The molecule has 2 heterocycles. The van der Waals surface area contributed by atoms with Crippen LogP contribution in [0.3, 0.4) is 0 Å². The highest BCUT2D eigenvalue weighted by Crippen LogP contribution is 2.26. The van der Waals surface area contributed by atoms with Gasteiger partial charge < -0.3 is 4.74 Å². The van der Waals surface area contributed by atoms with Crippen LogP contribution in [-0.2, 0) is 0 Å². The van der Waals surface area contributed by atoms with Crippen molar-refractivity contribution in [1.82, 2.24) is 19.6 Å². The van der Waals surface area contributed by atoms with Crippen LogP contribution in [0.4, 0.5) is 0 Å². The molecular weight excluding hydrogens is 380 g/mol. The van der Waals surface area contributed by atoms with Gasteiger partial charge in [0, 0.05) is 15.4 Å². The summed E-state index contributed by atoms with van der Waals surface area (Å²) in [6, 6.07) is 13.4. The zero-order valence-electron chi connectivity index (χ0n) is 12.0. The third-order valence-corrected chi connectivity index (χ3v) is 4.28. The molecule has 0 saturated heterocycles. The molecular formula is C16H10BrClN4O. The Morgan fingerprint density at radius 3 is 2.61 bits per heavy atom. The molecule has 4 aromatic rings. The highest BCUT2D eigenvalue weighted by molar-refractivity contribution is 9.10. The first-order valence-electron chi connectivity index (χ1n) is 6.81. The van der Waals surface area contributed by atoms with E-state index in [0.29, 0.717) is 11.5 Å². The second-order valence-corrected chi connectivity index (χ2v) is 6.20. The first-order chi connectivity index (χ1) is 11.2. The largest absolute Gasteiger partial charge is 0.497 e. The Kier molecular flexibility index (Phi) is 3.43. The topological polar surface area (TPSA) is 52.3 Å². The van der Waals surface area contributed by atoms with E-state index < -0.39 is 0 Å². The average molecular weight is 390 g/mol. The van der Waals surface area contributed by atoms with Gasteiger partial charge in [-0.2, -0.15) is 4.52 Å². The summed E-state index contributed by atoms with van der Waals surface area (Å²) in [5.74, 6) is 1.37. The number of rotatable bonds is 2. The van der Waals surface area contributed by atoms with Crippen molar-refractivity contribution in [3.8, 4) is 17.1 Å². The molecule has 5 nitrogen and oxygen atoms in total. The van der Waals surface area contributed by atoms with E-state index in [4.69, 9.17) is 16.3 Å². The Bertz CT molecular complexity index is 1030.